The fourth-order valence-corrected chi connectivity index (χ4v) is 3.67. The summed E-state index contributed by atoms with van der Waals surface area (Å²) in [6, 6.07) is 17.9. The van der Waals surface area contributed by atoms with E-state index in [1.165, 1.54) is 11.8 Å². The SMILES string of the molecule is O=C1NC(=NCc2cccc(O)c2)S/C1=C\c1ccc(-c2cccc(Cl)c2)o1. The molecule has 0 bridgehead atoms. The van der Waals surface area contributed by atoms with Crippen molar-refractivity contribution in [3.63, 3.8) is 0 Å². The van der Waals surface area contributed by atoms with E-state index in [9.17, 15) is 9.90 Å². The highest BCUT2D eigenvalue weighted by atomic mass is 35.5. The normalized spacial score (nSPS) is 16.7. The molecule has 5 nitrogen and oxygen atoms in total. The Morgan fingerprint density at radius 1 is 1.14 bits per heavy atom. The van der Waals surface area contributed by atoms with E-state index in [1.54, 1.807) is 36.4 Å². The molecule has 140 valence electrons. The van der Waals surface area contributed by atoms with Crippen LogP contribution >= 0.6 is 23.4 Å². The molecule has 1 aromatic heterocycles. The van der Waals surface area contributed by atoms with Crippen molar-refractivity contribution in [2.75, 3.05) is 0 Å². The van der Waals surface area contributed by atoms with Gasteiger partial charge in [0.25, 0.3) is 5.91 Å². The van der Waals surface area contributed by atoms with E-state index in [0.717, 1.165) is 11.1 Å². The predicted octanol–water partition coefficient (Wildman–Crippen LogP) is 5.07. The summed E-state index contributed by atoms with van der Waals surface area (Å²) in [4.78, 5) is 17.1. The molecule has 1 aliphatic rings. The first kappa shape index (κ1) is 18.4. The molecule has 2 N–H and O–H groups in total. The van der Waals surface area contributed by atoms with E-state index in [4.69, 9.17) is 16.0 Å². The molecule has 7 heteroatoms. The first-order chi connectivity index (χ1) is 13.6. The lowest BCUT2D eigenvalue weighted by Crippen LogP contribution is -2.19. The van der Waals surface area contributed by atoms with Crippen LogP contribution in [0.1, 0.15) is 11.3 Å². The molecule has 0 radical (unpaired) electrons. The average molecular weight is 411 g/mol. The number of nitrogens with one attached hydrogen (secondary N) is 1. The summed E-state index contributed by atoms with van der Waals surface area (Å²) >= 11 is 7.27. The number of halogens is 1. The molecule has 3 aromatic rings. The first-order valence-corrected chi connectivity index (χ1v) is 9.65. The number of nitrogens with zero attached hydrogens (tertiary/aromatic N) is 1. The van der Waals surface area contributed by atoms with Gasteiger partial charge >= 0.3 is 0 Å². The van der Waals surface area contributed by atoms with Crippen LogP contribution in [0.15, 0.2) is 75.0 Å². The van der Waals surface area contributed by atoms with Crippen LogP contribution < -0.4 is 5.32 Å². The molecule has 1 fully saturated rings. The predicted molar refractivity (Wildman–Crippen MR) is 112 cm³/mol. The summed E-state index contributed by atoms with van der Waals surface area (Å²) in [7, 11) is 0. The van der Waals surface area contributed by atoms with Crippen LogP contribution in [0.4, 0.5) is 0 Å². The van der Waals surface area contributed by atoms with Crippen molar-refractivity contribution in [1.82, 2.24) is 5.32 Å². The molecule has 28 heavy (non-hydrogen) atoms. The third-order valence-corrected chi connectivity index (χ3v) is 5.16. The van der Waals surface area contributed by atoms with Gasteiger partial charge in [-0.1, -0.05) is 35.9 Å². The van der Waals surface area contributed by atoms with Crippen LogP contribution in [-0.2, 0) is 11.3 Å². The Labute approximate surface area is 170 Å². The van der Waals surface area contributed by atoms with Gasteiger partial charge in [0.05, 0.1) is 11.4 Å². The number of benzene rings is 2. The number of carbonyl (C=O) groups is 1. The number of hydrogen-bond donors (Lipinski definition) is 2. The number of phenols is 1. The van der Waals surface area contributed by atoms with Crippen molar-refractivity contribution in [2.24, 2.45) is 4.99 Å². The highest BCUT2D eigenvalue weighted by Gasteiger charge is 2.24. The summed E-state index contributed by atoms with van der Waals surface area (Å²) in [6.45, 7) is 0.365. The minimum atomic E-state index is -0.222. The largest absolute Gasteiger partial charge is 0.508 e. The van der Waals surface area contributed by atoms with Crippen molar-refractivity contribution in [1.29, 1.82) is 0 Å². The highest BCUT2D eigenvalue weighted by Crippen LogP contribution is 2.29. The van der Waals surface area contributed by atoms with Gasteiger partial charge in [-0.15, -0.1) is 0 Å². The molecule has 0 atom stereocenters. The van der Waals surface area contributed by atoms with E-state index in [2.05, 4.69) is 10.3 Å². The van der Waals surface area contributed by atoms with Crippen LogP contribution in [0, 0.1) is 0 Å². The molecule has 1 saturated heterocycles. The molecular weight excluding hydrogens is 396 g/mol. The van der Waals surface area contributed by atoms with Crippen LogP contribution in [0.5, 0.6) is 5.75 Å². The summed E-state index contributed by atoms with van der Waals surface area (Å²) in [5.74, 6) is 1.22. The summed E-state index contributed by atoms with van der Waals surface area (Å²) in [5.41, 5.74) is 1.73. The van der Waals surface area contributed by atoms with Crippen molar-refractivity contribution < 1.29 is 14.3 Å². The quantitative estimate of drug-likeness (QED) is 0.589. The topological polar surface area (TPSA) is 74.8 Å². The number of hydrogen-bond acceptors (Lipinski definition) is 5. The van der Waals surface area contributed by atoms with E-state index < -0.39 is 0 Å². The van der Waals surface area contributed by atoms with Crippen molar-refractivity contribution in [3.05, 3.63) is 81.9 Å². The molecule has 0 spiro atoms. The lowest BCUT2D eigenvalue weighted by molar-refractivity contribution is -0.115. The highest BCUT2D eigenvalue weighted by molar-refractivity contribution is 8.18. The van der Waals surface area contributed by atoms with Crippen LogP contribution in [-0.4, -0.2) is 16.2 Å². The second-order valence-corrected chi connectivity index (χ2v) is 7.54. The molecule has 0 aliphatic carbocycles. The Hall–Kier alpha value is -2.96. The third kappa shape index (κ3) is 4.30. The van der Waals surface area contributed by atoms with Crippen LogP contribution in [0.2, 0.25) is 5.02 Å². The van der Waals surface area contributed by atoms with Crippen molar-refractivity contribution >= 4 is 40.5 Å². The average Bonchev–Trinajstić information content (AvgIpc) is 3.27. The number of carbonyl (C=O) groups excluding carboxylic acids is 1. The van der Waals surface area contributed by atoms with Gasteiger partial charge in [0.1, 0.15) is 17.3 Å². The molecular formula is C21H15ClN2O3S. The van der Waals surface area contributed by atoms with Gasteiger partial charge < -0.3 is 14.8 Å². The van der Waals surface area contributed by atoms with Gasteiger partial charge in [-0.2, -0.15) is 0 Å². The fraction of sp³-hybridized carbons (Fsp3) is 0.0476. The maximum absolute atomic E-state index is 12.2. The van der Waals surface area contributed by atoms with Gasteiger partial charge in [-0.3, -0.25) is 9.79 Å². The number of amidine groups is 1. The van der Waals surface area contributed by atoms with E-state index in [0.29, 0.717) is 33.2 Å². The number of rotatable bonds is 4. The van der Waals surface area contributed by atoms with Gasteiger partial charge in [-0.25, -0.2) is 0 Å². The second kappa shape index (κ2) is 7.96. The first-order valence-electron chi connectivity index (χ1n) is 8.46. The Bertz CT molecular complexity index is 1100. The molecule has 2 aromatic carbocycles. The lowest BCUT2D eigenvalue weighted by Gasteiger charge is -1.98. The maximum atomic E-state index is 12.2. The van der Waals surface area contributed by atoms with Gasteiger partial charge in [0.15, 0.2) is 5.17 Å². The fourth-order valence-electron chi connectivity index (χ4n) is 2.68. The summed E-state index contributed by atoms with van der Waals surface area (Å²) < 4.78 is 5.82. The number of phenolic OH excluding ortho intramolecular Hbond substituents is 1. The van der Waals surface area contributed by atoms with Crippen molar-refractivity contribution in [2.45, 2.75) is 6.54 Å². The molecule has 1 aliphatic heterocycles. The monoisotopic (exact) mass is 410 g/mol. The van der Waals surface area contributed by atoms with Gasteiger partial charge in [0, 0.05) is 16.7 Å². The molecule has 0 unspecified atom stereocenters. The maximum Gasteiger partial charge on any atom is 0.264 e. The Morgan fingerprint density at radius 3 is 2.82 bits per heavy atom. The van der Waals surface area contributed by atoms with Gasteiger partial charge in [-0.05, 0) is 53.7 Å². The number of aliphatic imine (C=N–C) groups is 1. The standard InChI is InChI=1S/C21H15ClN2O3S/c22-15-5-2-4-14(10-15)18-8-7-17(27-18)11-19-20(26)24-21(28-19)23-12-13-3-1-6-16(25)9-13/h1-11,25H,12H2,(H,23,24,26)/b19-11-. The Kier molecular flexibility index (Phi) is 5.23. The van der Waals surface area contributed by atoms with E-state index >= 15 is 0 Å². The summed E-state index contributed by atoms with van der Waals surface area (Å²) in [5, 5.41) is 13.4. The van der Waals surface area contributed by atoms with E-state index in [1.807, 2.05) is 30.3 Å². The zero-order chi connectivity index (χ0) is 19.5. The number of thioether (sulfide) groups is 1. The second-order valence-electron chi connectivity index (χ2n) is 6.07. The van der Waals surface area contributed by atoms with Crippen LogP contribution in [0.25, 0.3) is 17.4 Å². The zero-order valence-electron chi connectivity index (χ0n) is 14.6. The number of furan rings is 1. The Balaban J connectivity index is 1.48. The number of aromatic hydroxyl groups is 1. The third-order valence-electron chi connectivity index (χ3n) is 3.98. The zero-order valence-corrected chi connectivity index (χ0v) is 16.1. The molecule has 2 heterocycles. The Morgan fingerprint density at radius 2 is 2.00 bits per heavy atom. The van der Waals surface area contributed by atoms with Crippen molar-refractivity contribution in [3.8, 4) is 17.1 Å². The molecule has 4 rings (SSSR count). The van der Waals surface area contributed by atoms with Crippen LogP contribution in [0.3, 0.4) is 0 Å². The van der Waals surface area contributed by atoms with Gasteiger partial charge in [0.2, 0.25) is 0 Å². The minimum absolute atomic E-state index is 0.190. The smallest absolute Gasteiger partial charge is 0.264 e. The minimum Gasteiger partial charge on any atom is -0.508 e. The summed E-state index contributed by atoms with van der Waals surface area (Å²) in [6.07, 6.45) is 1.69. The lowest BCUT2D eigenvalue weighted by atomic mass is 10.2. The van der Waals surface area contributed by atoms with E-state index in [-0.39, 0.29) is 11.7 Å². The number of amides is 1. The molecule has 0 saturated carbocycles. The molecule has 1 amide bonds.